The molecule has 1 fully saturated rings. The van der Waals surface area contributed by atoms with E-state index in [1.165, 1.54) is 16.2 Å². The summed E-state index contributed by atoms with van der Waals surface area (Å²) in [5, 5.41) is 12.6. The molecule has 2 amide bonds. The van der Waals surface area contributed by atoms with E-state index in [1.54, 1.807) is 25.4 Å². The zero-order valence-electron chi connectivity index (χ0n) is 16.3. The fraction of sp³-hybridized carbons (Fsp3) is 0.250. The lowest BCUT2D eigenvalue weighted by Crippen LogP contribution is -2.48. The second kappa shape index (κ2) is 8.46. The van der Waals surface area contributed by atoms with E-state index >= 15 is 0 Å². The predicted octanol–water partition coefficient (Wildman–Crippen LogP) is 2.96. The average Bonchev–Trinajstić information content (AvgIpc) is 3.17. The molecule has 0 aromatic carbocycles. The number of rotatable bonds is 4. The Morgan fingerprint density at radius 2 is 1.90 bits per heavy atom. The van der Waals surface area contributed by atoms with Gasteiger partial charge in [-0.05, 0) is 31.2 Å². The highest BCUT2D eigenvalue weighted by atomic mass is 32.1. The lowest BCUT2D eigenvalue weighted by molar-refractivity contribution is 0.102. The number of amides is 2. The molecule has 3 aromatic rings. The first-order chi connectivity index (χ1) is 14.5. The van der Waals surface area contributed by atoms with Crippen LogP contribution in [-0.4, -0.2) is 63.1 Å². The zero-order valence-corrected chi connectivity index (χ0v) is 17.1. The first kappa shape index (κ1) is 19.8. The Morgan fingerprint density at radius 3 is 2.53 bits per heavy atom. The van der Waals surface area contributed by atoms with Crippen molar-refractivity contribution in [2.75, 3.05) is 36.4 Å². The van der Waals surface area contributed by atoms with Gasteiger partial charge in [0.2, 0.25) is 0 Å². The summed E-state index contributed by atoms with van der Waals surface area (Å²) in [4.78, 5) is 40.8. The van der Waals surface area contributed by atoms with E-state index in [1.807, 2.05) is 29.2 Å². The molecule has 30 heavy (non-hydrogen) atoms. The van der Waals surface area contributed by atoms with Crippen LogP contribution in [0.15, 0.2) is 42.7 Å². The highest BCUT2D eigenvalue weighted by Crippen LogP contribution is 2.27. The molecule has 0 bridgehead atoms. The van der Waals surface area contributed by atoms with Gasteiger partial charge in [-0.1, -0.05) is 6.07 Å². The number of carbonyl (C=O) groups is 2. The molecule has 0 aliphatic carbocycles. The van der Waals surface area contributed by atoms with E-state index in [2.05, 4.69) is 20.3 Å². The Kier molecular flexibility index (Phi) is 5.57. The largest absolute Gasteiger partial charge is 0.465 e. The minimum Gasteiger partial charge on any atom is -0.465 e. The molecule has 0 atom stereocenters. The standard InChI is InChI=1S/C20H20N6O3S/c1-13-17(30-19(23-13)15-4-2-3-7-21-15)18(27)24-14-5-6-16(22-12-14)25-8-10-26(11-9-25)20(28)29/h2-7,12H,8-11H2,1H3,(H,24,27)(H,28,29). The summed E-state index contributed by atoms with van der Waals surface area (Å²) in [5.41, 5.74) is 1.97. The van der Waals surface area contributed by atoms with Gasteiger partial charge in [0.1, 0.15) is 15.7 Å². The first-order valence-corrected chi connectivity index (χ1v) is 10.2. The molecule has 3 aromatic heterocycles. The van der Waals surface area contributed by atoms with Gasteiger partial charge in [0.05, 0.1) is 23.3 Å². The van der Waals surface area contributed by atoms with Crippen LogP contribution < -0.4 is 10.2 Å². The maximum Gasteiger partial charge on any atom is 0.407 e. The third kappa shape index (κ3) is 4.23. The van der Waals surface area contributed by atoms with Crippen LogP contribution in [0.1, 0.15) is 15.4 Å². The minimum absolute atomic E-state index is 0.239. The number of aromatic nitrogens is 3. The molecule has 4 rings (SSSR count). The van der Waals surface area contributed by atoms with Gasteiger partial charge in [0.25, 0.3) is 5.91 Å². The summed E-state index contributed by atoms with van der Waals surface area (Å²) >= 11 is 1.30. The van der Waals surface area contributed by atoms with E-state index in [0.29, 0.717) is 47.4 Å². The molecule has 0 spiro atoms. The second-order valence-electron chi connectivity index (χ2n) is 6.76. The van der Waals surface area contributed by atoms with Crippen molar-refractivity contribution in [1.82, 2.24) is 19.9 Å². The Labute approximate surface area is 177 Å². The van der Waals surface area contributed by atoms with Crippen molar-refractivity contribution < 1.29 is 14.7 Å². The van der Waals surface area contributed by atoms with E-state index in [4.69, 9.17) is 5.11 Å². The Hall–Kier alpha value is -3.53. The minimum atomic E-state index is -0.898. The summed E-state index contributed by atoms with van der Waals surface area (Å²) in [6, 6.07) is 9.19. The number of piperazine rings is 1. The topological polar surface area (TPSA) is 112 Å². The van der Waals surface area contributed by atoms with E-state index in [9.17, 15) is 9.59 Å². The molecule has 0 saturated carbocycles. The molecule has 10 heteroatoms. The molecule has 1 saturated heterocycles. The van der Waals surface area contributed by atoms with Gasteiger partial charge in [-0.3, -0.25) is 9.78 Å². The highest BCUT2D eigenvalue weighted by molar-refractivity contribution is 7.17. The number of nitrogens with zero attached hydrogens (tertiary/aromatic N) is 5. The van der Waals surface area contributed by atoms with Crippen molar-refractivity contribution in [2.45, 2.75) is 6.92 Å². The molecule has 154 valence electrons. The van der Waals surface area contributed by atoms with Crippen molar-refractivity contribution in [3.05, 3.63) is 53.3 Å². The van der Waals surface area contributed by atoms with Crippen molar-refractivity contribution in [2.24, 2.45) is 0 Å². The Bertz CT molecular complexity index is 1050. The van der Waals surface area contributed by atoms with Crippen LogP contribution in [0.25, 0.3) is 10.7 Å². The molecule has 0 unspecified atom stereocenters. The van der Waals surface area contributed by atoms with Crippen LogP contribution >= 0.6 is 11.3 Å². The summed E-state index contributed by atoms with van der Waals surface area (Å²) in [6.07, 6.45) is 2.40. The Morgan fingerprint density at radius 1 is 1.10 bits per heavy atom. The van der Waals surface area contributed by atoms with Gasteiger partial charge in [-0.25, -0.2) is 14.8 Å². The maximum absolute atomic E-state index is 12.7. The molecule has 2 N–H and O–H groups in total. The lowest BCUT2D eigenvalue weighted by Gasteiger charge is -2.33. The smallest absolute Gasteiger partial charge is 0.407 e. The third-order valence-electron chi connectivity index (χ3n) is 4.77. The van der Waals surface area contributed by atoms with Gasteiger partial charge in [0, 0.05) is 32.4 Å². The zero-order chi connectivity index (χ0) is 21.1. The fourth-order valence-corrected chi connectivity index (χ4v) is 4.11. The SMILES string of the molecule is Cc1nc(-c2ccccn2)sc1C(=O)Nc1ccc(N2CCN(C(=O)O)CC2)nc1. The monoisotopic (exact) mass is 424 g/mol. The first-order valence-electron chi connectivity index (χ1n) is 9.40. The molecule has 1 aliphatic rings. The molecule has 9 nitrogen and oxygen atoms in total. The van der Waals surface area contributed by atoms with Gasteiger partial charge >= 0.3 is 6.09 Å². The van der Waals surface area contributed by atoms with E-state index < -0.39 is 6.09 Å². The fourth-order valence-electron chi connectivity index (χ4n) is 3.17. The molecule has 1 aliphatic heterocycles. The van der Waals surface area contributed by atoms with Crippen LogP contribution in [0.2, 0.25) is 0 Å². The summed E-state index contributed by atoms with van der Waals surface area (Å²) in [6.45, 7) is 3.86. The molecular formula is C20H20N6O3S. The summed E-state index contributed by atoms with van der Waals surface area (Å²) in [7, 11) is 0. The quantitative estimate of drug-likeness (QED) is 0.662. The number of hydrogen-bond acceptors (Lipinski definition) is 7. The number of thiazole rings is 1. The summed E-state index contributed by atoms with van der Waals surface area (Å²) < 4.78 is 0. The van der Waals surface area contributed by atoms with Gasteiger partial charge in [-0.15, -0.1) is 11.3 Å². The van der Waals surface area contributed by atoms with E-state index in [0.717, 1.165) is 11.5 Å². The van der Waals surface area contributed by atoms with Crippen LogP contribution in [0.4, 0.5) is 16.3 Å². The number of pyridine rings is 2. The number of carboxylic acid groups (broad SMARTS) is 1. The number of carbonyl (C=O) groups excluding carboxylic acids is 1. The number of hydrogen-bond donors (Lipinski definition) is 2. The van der Waals surface area contributed by atoms with Crippen LogP contribution in [-0.2, 0) is 0 Å². The second-order valence-corrected chi connectivity index (χ2v) is 7.76. The van der Waals surface area contributed by atoms with Gasteiger partial charge < -0.3 is 20.2 Å². The number of aryl methyl sites for hydroxylation is 1. The van der Waals surface area contributed by atoms with E-state index in [-0.39, 0.29) is 5.91 Å². The maximum atomic E-state index is 12.7. The average molecular weight is 424 g/mol. The van der Waals surface area contributed by atoms with Crippen molar-refractivity contribution in [3.8, 4) is 10.7 Å². The number of nitrogens with one attached hydrogen (secondary N) is 1. The summed E-state index contributed by atoms with van der Waals surface area (Å²) in [5.74, 6) is 0.515. The van der Waals surface area contributed by atoms with Gasteiger partial charge in [-0.2, -0.15) is 0 Å². The van der Waals surface area contributed by atoms with Crippen molar-refractivity contribution in [1.29, 1.82) is 0 Å². The number of anilines is 2. The van der Waals surface area contributed by atoms with Crippen LogP contribution in [0, 0.1) is 6.92 Å². The molecule has 0 radical (unpaired) electrons. The third-order valence-corrected chi connectivity index (χ3v) is 5.95. The van der Waals surface area contributed by atoms with Crippen molar-refractivity contribution >= 4 is 34.8 Å². The predicted molar refractivity (Wildman–Crippen MR) is 114 cm³/mol. The lowest BCUT2D eigenvalue weighted by atomic mass is 10.3. The molecule has 4 heterocycles. The Balaban J connectivity index is 1.41. The van der Waals surface area contributed by atoms with Gasteiger partial charge in [0.15, 0.2) is 0 Å². The highest BCUT2D eigenvalue weighted by Gasteiger charge is 2.21. The van der Waals surface area contributed by atoms with Crippen LogP contribution in [0.3, 0.4) is 0 Å². The molecular weight excluding hydrogens is 404 g/mol. The van der Waals surface area contributed by atoms with Crippen molar-refractivity contribution in [3.63, 3.8) is 0 Å². The normalized spacial score (nSPS) is 13.9. The van der Waals surface area contributed by atoms with Crippen LogP contribution in [0.5, 0.6) is 0 Å².